The number of pyridine rings is 1. The maximum absolute atomic E-state index is 12.7. The zero-order valence-corrected chi connectivity index (χ0v) is 15.9. The Labute approximate surface area is 169 Å². The third kappa shape index (κ3) is 1.85. The fraction of sp³-hybridized carbons (Fsp3) is 0.217. The van der Waals surface area contributed by atoms with Crippen LogP contribution in [0.1, 0.15) is 23.7 Å². The molecule has 3 atom stereocenters. The summed E-state index contributed by atoms with van der Waals surface area (Å²) < 4.78 is 8.33. The second-order valence-electron chi connectivity index (χ2n) is 8.28. The molecular formula is C23H16N4O3. The molecule has 2 saturated carbocycles. The van der Waals surface area contributed by atoms with Gasteiger partial charge in [-0.3, -0.25) is 14.0 Å². The summed E-state index contributed by atoms with van der Waals surface area (Å²) in [5.74, 6) is 2.30. The average molecular weight is 396 g/mol. The van der Waals surface area contributed by atoms with E-state index in [0.717, 1.165) is 12.2 Å². The second kappa shape index (κ2) is 5.24. The average Bonchev–Trinajstić information content (AvgIpc) is 3.32. The molecule has 0 amide bonds. The molecule has 4 aliphatic rings. The van der Waals surface area contributed by atoms with E-state index in [4.69, 9.17) is 4.52 Å². The third-order valence-electron chi connectivity index (χ3n) is 6.92. The lowest BCUT2D eigenvalue weighted by molar-refractivity contribution is 0.363. The Bertz CT molecular complexity index is 1510. The number of aromatic nitrogens is 4. The lowest BCUT2D eigenvalue weighted by Crippen LogP contribution is -2.26. The van der Waals surface area contributed by atoms with Gasteiger partial charge in [-0.25, -0.2) is 0 Å². The maximum Gasteiger partial charge on any atom is 0.275 e. The largest absolute Gasteiger partial charge is 0.337 e. The summed E-state index contributed by atoms with van der Waals surface area (Å²) in [6.07, 6.45) is 4.24. The quantitative estimate of drug-likeness (QED) is 0.528. The Morgan fingerprint density at radius 3 is 2.77 bits per heavy atom. The van der Waals surface area contributed by atoms with Crippen molar-refractivity contribution in [1.82, 2.24) is 19.1 Å². The summed E-state index contributed by atoms with van der Waals surface area (Å²) in [6.45, 7) is 0.182. The summed E-state index contributed by atoms with van der Waals surface area (Å²) >= 11 is 0. The fourth-order valence-corrected chi connectivity index (χ4v) is 5.47. The van der Waals surface area contributed by atoms with Crippen molar-refractivity contribution < 1.29 is 4.52 Å². The Hall–Kier alpha value is -3.74. The maximum atomic E-state index is 12.7. The van der Waals surface area contributed by atoms with Gasteiger partial charge in [0.1, 0.15) is 12.1 Å². The molecule has 7 heteroatoms. The first-order chi connectivity index (χ1) is 14.7. The van der Waals surface area contributed by atoms with Crippen LogP contribution < -0.4 is 11.1 Å². The van der Waals surface area contributed by atoms with E-state index in [1.165, 1.54) is 31.7 Å². The summed E-state index contributed by atoms with van der Waals surface area (Å²) in [7, 11) is 0. The van der Waals surface area contributed by atoms with E-state index in [-0.39, 0.29) is 23.1 Å². The van der Waals surface area contributed by atoms with E-state index in [0.29, 0.717) is 23.2 Å². The van der Waals surface area contributed by atoms with Gasteiger partial charge < -0.3 is 9.09 Å². The molecule has 0 spiro atoms. The van der Waals surface area contributed by atoms with Gasteiger partial charge in [-0.2, -0.15) is 4.98 Å². The van der Waals surface area contributed by atoms with Crippen molar-refractivity contribution in [2.45, 2.75) is 18.4 Å². The lowest BCUT2D eigenvalue weighted by atomic mass is 10.1. The molecule has 0 saturated heterocycles. The molecule has 3 heterocycles. The van der Waals surface area contributed by atoms with E-state index >= 15 is 0 Å². The Kier molecular flexibility index (Phi) is 2.81. The molecule has 2 bridgehead atoms. The molecule has 3 aromatic heterocycles. The van der Waals surface area contributed by atoms with Crippen LogP contribution in [0, 0.1) is 11.8 Å². The van der Waals surface area contributed by atoms with Gasteiger partial charge in [-0.15, -0.1) is 0 Å². The minimum Gasteiger partial charge on any atom is -0.337 e. The summed E-state index contributed by atoms with van der Waals surface area (Å²) in [4.78, 5) is 29.3. The number of nitrogens with zero attached hydrogens (tertiary/aromatic N) is 4. The first-order valence-corrected chi connectivity index (χ1v) is 10.0. The normalized spacial score (nSPS) is 25.6. The topological polar surface area (TPSA) is 82.4 Å². The molecule has 8 rings (SSSR count). The van der Waals surface area contributed by atoms with Gasteiger partial charge in [-0.05, 0) is 35.1 Å². The van der Waals surface area contributed by atoms with Gasteiger partial charge in [0.25, 0.3) is 11.1 Å². The number of benzene rings is 1. The Balaban J connectivity index is 1.21. The van der Waals surface area contributed by atoms with Crippen molar-refractivity contribution in [1.29, 1.82) is 0 Å². The highest BCUT2D eigenvalue weighted by Gasteiger charge is 2.89. The van der Waals surface area contributed by atoms with E-state index in [1.807, 2.05) is 6.07 Å². The number of hydrogen-bond donors (Lipinski definition) is 0. The smallest absolute Gasteiger partial charge is 0.275 e. The highest BCUT2D eigenvalue weighted by atomic mass is 16.5. The van der Waals surface area contributed by atoms with Crippen LogP contribution in [0.2, 0.25) is 0 Å². The van der Waals surface area contributed by atoms with Crippen LogP contribution in [0.3, 0.4) is 0 Å². The van der Waals surface area contributed by atoms with Gasteiger partial charge in [0.15, 0.2) is 5.82 Å². The van der Waals surface area contributed by atoms with Gasteiger partial charge in [-0.1, -0.05) is 41.6 Å². The first kappa shape index (κ1) is 16.1. The van der Waals surface area contributed by atoms with Crippen LogP contribution in [0.5, 0.6) is 0 Å². The first-order valence-electron chi connectivity index (χ1n) is 10.0. The van der Waals surface area contributed by atoms with Gasteiger partial charge >= 0.3 is 0 Å². The molecule has 0 aliphatic heterocycles. The molecule has 2 fully saturated rings. The van der Waals surface area contributed by atoms with Crippen molar-refractivity contribution in [3.63, 3.8) is 0 Å². The lowest BCUT2D eigenvalue weighted by Gasteiger charge is -2.05. The summed E-state index contributed by atoms with van der Waals surface area (Å²) in [5.41, 5.74) is 4.00. The van der Waals surface area contributed by atoms with Crippen molar-refractivity contribution in [3.05, 3.63) is 104 Å². The number of fused-ring (bicyclic) bond motifs is 2. The molecule has 0 radical (unpaired) electrons. The standard InChI is InChI=1S/C23H16N4O3/c28-18-8-4-7-16-21(29)26(9-10-27(16)18)12-17-24-22(25-30-17)23-15-11-14(19(23)20(15)23)13-5-2-1-3-6-13/h1-10,15,20H,11-12H2/t15-,20-,23+/m1/s1. The molecule has 4 aromatic rings. The number of rotatable bonds is 4. The van der Waals surface area contributed by atoms with Crippen molar-refractivity contribution in [2.75, 3.05) is 0 Å². The molecule has 1 aromatic carbocycles. The Morgan fingerprint density at radius 1 is 1.07 bits per heavy atom. The predicted molar refractivity (Wildman–Crippen MR) is 108 cm³/mol. The van der Waals surface area contributed by atoms with Crippen LogP contribution in [0.25, 0.3) is 11.1 Å². The molecule has 7 nitrogen and oxygen atoms in total. The fourth-order valence-electron chi connectivity index (χ4n) is 5.47. The third-order valence-corrected chi connectivity index (χ3v) is 6.92. The molecular weight excluding hydrogens is 380 g/mol. The zero-order valence-electron chi connectivity index (χ0n) is 15.9. The molecule has 146 valence electrons. The van der Waals surface area contributed by atoms with Crippen LogP contribution in [0.4, 0.5) is 0 Å². The number of allylic oxidation sites excluding steroid dienone is 2. The van der Waals surface area contributed by atoms with Crippen molar-refractivity contribution >= 4 is 11.1 Å². The predicted octanol–water partition coefficient (Wildman–Crippen LogP) is 2.25. The zero-order chi connectivity index (χ0) is 20.0. The van der Waals surface area contributed by atoms with E-state index in [9.17, 15) is 9.59 Å². The number of hydrogen-bond acceptors (Lipinski definition) is 5. The van der Waals surface area contributed by atoms with Gasteiger partial charge in [0, 0.05) is 24.4 Å². The van der Waals surface area contributed by atoms with Gasteiger partial charge in [0.2, 0.25) is 5.89 Å². The second-order valence-corrected chi connectivity index (χ2v) is 8.28. The van der Waals surface area contributed by atoms with Crippen molar-refractivity contribution in [3.8, 4) is 0 Å². The molecule has 30 heavy (non-hydrogen) atoms. The minimum absolute atomic E-state index is 0.0193. The highest BCUT2D eigenvalue weighted by molar-refractivity contribution is 5.89. The van der Waals surface area contributed by atoms with Crippen LogP contribution in [-0.2, 0) is 12.0 Å². The van der Waals surface area contributed by atoms with E-state index in [2.05, 4.69) is 34.4 Å². The van der Waals surface area contributed by atoms with E-state index in [1.54, 1.807) is 24.5 Å². The van der Waals surface area contributed by atoms with Crippen molar-refractivity contribution in [2.24, 2.45) is 11.8 Å². The SMILES string of the molecule is O=c1c2cccc(=O)n2ccn1Cc1nc([C@]23C4=C(c5ccccc5)C[C@@H]2[C@H]43)no1. The highest BCUT2D eigenvalue weighted by Crippen LogP contribution is 2.90. The van der Waals surface area contributed by atoms with Crippen LogP contribution in [-0.4, -0.2) is 19.1 Å². The summed E-state index contributed by atoms with van der Waals surface area (Å²) in [5, 5.41) is 4.27. The van der Waals surface area contributed by atoms with E-state index < -0.39 is 0 Å². The van der Waals surface area contributed by atoms with Gasteiger partial charge in [0.05, 0.1) is 5.41 Å². The molecule has 0 unspecified atom stereocenters. The monoisotopic (exact) mass is 396 g/mol. The molecule has 0 N–H and O–H groups in total. The van der Waals surface area contributed by atoms with Crippen LogP contribution in [0.15, 0.2) is 80.6 Å². The summed E-state index contributed by atoms with van der Waals surface area (Å²) in [6, 6.07) is 15.1. The Morgan fingerprint density at radius 2 is 1.93 bits per heavy atom. The van der Waals surface area contributed by atoms with Crippen LogP contribution >= 0.6 is 0 Å². The minimum atomic E-state index is -0.266. The molecule has 4 aliphatic carbocycles.